The van der Waals surface area contributed by atoms with Crippen molar-refractivity contribution in [3.05, 3.63) is 104 Å². The molecular formula is C22H14BrFN4O4. The molecule has 10 heteroatoms. The summed E-state index contributed by atoms with van der Waals surface area (Å²) in [7, 11) is 0. The summed E-state index contributed by atoms with van der Waals surface area (Å²) in [5, 5.41) is 4.31. The third-order valence-corrected chi connectivity index (χ3v) is 5.57. The van der Waals surface area contributed by atoms with Crippen LogP contribution < -0.4 is 11.2 Å². The normalized spacial score (nSPS) is 11.3. The monoisotopic (exact) mass is 496 g/mol. The van der Waals surface area contributed by atoms with E-state index >= 15 is 0 Å². The molecule has 2 aromatic carbocycles. The summed E-state index contributed by atoms with van der Waals surface area (Å²) in [5.74, 6) is 0.486. The van der Waals surface area contributed by atoms with Crippen LogP contribution in [0.15, 0.2) is 83.9 Å². The fourth-order valence-electron chi connectivity index (χ4n) is 3.43. The Labute approximate surface area is 187 Å². The van der Waals surface area contributed by atoms with Crippen molar-refractivity contribution in [2.24, 2.45) is 0 Å². The molecule has 0 aliphatic rings. The van der Waals surface area contributed by atoms with Crippen molar-refractivity contribution in [2.75, 3.05) is 0 Å². The lowest BCUT2D eigenvalue weighted by Crippen LogP contribution is -2.40. The summed E-state index contributed by atoms with van der Waals surface area (Å²) in [5.41, 5.74) is 0.0470. The fourth-order valence-corrected chi connectivity index (χ4v) is 3.81. The second-order valence-electron chi connectivity index (χ2n) is 7.00. The predicted octanol–water partition coefficient (Wildman–Crippen LogP) is 3.80. The Bertz CT molecular complexity index is 1550. The molecule has 0 aliphatic carbocycles. The van der Waals surface area contributed by atoms with Crippen molar-refractivity contribution in [2.45, 2.75) is 13.1 Å². The van der Waals surface area contributed by atoms with Crippen LogP contribution in [0.1, 0.15) is 11.7 Å². The summed E-state index contributed by atoms with van der Waals surface area (Å²) in [6.45, 7) is -0.0542. The van der Waals surface area contributed by atoms with Gasteiger partial charge in [0.05, 0.1) is 28.2 Å². The number of hydrogen-bond donors (Lipinski definition) is 0. The van der Waals surface area contributed by atoms with E-state index in [4.69, 9.17) is 8.94 Å². The van der Waals surface area contributed by atoms with E-state index in [2.05, 4.69) is 26.1 Å². The van der Waals surface area contributed by atoms with Gasteiger partial charge in [-0.05, 0) is 58.4 Å². The number of para-hydroxylation sites is 1. The fraction of sp³-hybridized carbons (Fsp3) is 0.0909. The molecule has 8 nitrogen and oxygen atoms in total. The number of benzene rings is 2. The van der Waals surface area contributed by atoms with E-state index < -0.39 is 17.1 Å². The largest absolute Gasteiger partial charge is 0.467 e. The maximum absolute atomic E-state index is 13.5. The quantitative estimate of drug-likeness (QED) is 0.367. The minimum absolute atomic E-state index is 0.00576. The van der Waals surface area contributed by atoms with Gasteiger partial charge in [-0.1, -0.05) is 17.3 Å². The van der Waals surface area contributed by atoms with Crippen LogP contribution in [0.2, 0.25) is 0 Å². The molecule has 0 atom stereocenters. The van der Waals surface area contributed by atoms with Crippen molar-refractivity contribution in [3.63, 3.8) is 0 Å². The molecule has 0 unspecified atom stereocenters. The minimum Gasteiger partial charge on any atom is -0.467 e. The van der Waals surface area contributed by atoms with Gasteiger partial charge in [0, 0.05) is 5.56 Å². The van der Waals surface area contributed by atoms with E-state index in [1.165, 1.54) is 29.0 Å². The molecule has 0 radical (unpaired) electrons. The van der Waals surface area contributed by atoms with Crippen molar-refractivity contribution in [1.82, 2.24) is 19.3 Å². The SMILES string of the molecule is O=c1c2ccccc2n(Cc2nc(-c3ccc(F)c(Br)c3)no2)c(=O)n1Cc1ccco1. The van der Waals surface area contributed by atoms with Gasteiger partial charge >= 0.3 is 5.69 Å². The molecule has 5 aromatic rings. The second-order valence-corrected chi connectivity index (χ2v) is 7.85. The topological polar surface area (TPSA) is 96.1 Å². The van der Waals surface area contributed by atoms with E-state index in [9.17, 15) is 14.0 Å². The van der Waals surface area contributed by atoms with Crippen LogP contribution >= 0.6 is 15.9 Å². The van der Waals surface area contributed by atoms with Gasteiger partial charge in [-0.25, -0.2) is 9.18 Å². The number of rotatable bonds is 5. The summed E-state index contributed by atoms with van der Waals surface area (Å²) in [4.78, 5) is 30.5. The molecule has 0 spiro atoms. The standard InChI is InChI=1S/C22H14BrFN4O4/c23-16-10-13(7-8-17(16)24)20-25-19(32-26-20)12-27-18-6-2-1-5-15(18)21(29)28(22(27)30)11-14-4-3-9-31-14/h1-10H,11-12H2. The second kappa shape index (κ2) is 8.04. The Balaban J connectivity index is 1.58. The smallest absolute Gasteiger partial charge is 0.332 e. The van der Waals surface area contributed by atoms with Crippen LogP contribution in [0, 0.1) is 5.82 Å². The van der Waals surface area contributed by atoms with E-state index in [-0.39, 0.29) is 29.3 Å². The van der Waals surface area contributed by atoms with Crippen LogP contribution in [-0.4, -0.2) is 19.3 Å². The van der Waals surface area contributed by atoms with Crippen molar-refractivity contribution >= 4 is 26.8 Å². The van der Waals surface area contributed by atoms with Gasteiger partial charge in [0.25, 0.3) is 5.56 Å². The van der Waals surface area contributed by atoms with Crippen molar-refractivity contribution in [3.8, 4) is 11.4 Å². The van der Waals surface area contributed by atoms with Crippen LogP contribution in [0.4, 0.5) is 4.39 Å². The minimum atomic E-state index is -0.533. The molecule has 5 rings (SSSR count). The number of nitrogens with zero attached hydrogens (tertiary/aromatic N) is 4. The summed E-state index contributed by atoms with van der Waals surface area (Å²) < 4.78 is 26.9. The van der Waals surface area contributed by atoms with Crippen LogP contribution in [0.3, 0.4) is 0 Å². The first-order valence-electron chi connectivity index (χ1n) is 9.54. The summed E-state index contributed by atoms with van der Waals surface area (Å²) in [6.07, 6.45) is 1.48. The molecule has 32 heavy (non-hydrogen) atoms. The molecule has 0 fully saturated rings. The first-order valence-corrected chi connectivity index (χ1v) is 10.3. The highest BCUT2D eigenvalue weighted by Crippen LogP contribution is 2.23. The summed E-state index contributed by atoms with van der Waals surface area (Å²) in [6, 6.07) is 14.5. The van der Waals surface area contributed by atoms with Crippen molar-refractivity contribution < 1.29 is 13.3 Å². The molecule has 0 bridgehead atoms. The van der Waals surface area contributed by atoms with Gasteiger partial charge in [-0.2, -0.15) is 4.98 Å². The van der Waals surface area contributed by atoms with Gasteiger partial charge in [0.15, 0.2) is 0 Å². The molecule has 0 saturated heterocycles. The number of hydrogen-bond acceptors (Lipinski definition) is 6. The highest BCUT2D eigenvalue weighted by molar-refractivity contribution is 9.10. The Morgan fingerprint density at radius 1 is 1.00 bits per heavy atom. The lowest BCUT2D eigenvalue weighted by Gasteiger charge is -2.12. The molecule has 160 valence electrons. The van der Waals surface area contributed by atoms with E-state index in [0.29, 0.717) is 22.2 Å². The van der Waals surface area contributed by atoms with Gasteiger partial charge in [-0.3, -0.25) is 13.9 Å². The maximum atomic E-state index is 13.5. The summed E-state index contributed by atoms with van der Waals surface area (Å²) >= 11 is 3.13. The zero-order valence-electron chi connectivity index (χ0n) is 16.4. The van der Waals surface area contributed by atoms with E-state index in [0.717, 1.165) is 4.57 Å². The van der Waals surface area contributed by atoms with Gasteiger partial charge in [-0.15, -0.1) is 0 Å². The van der Waals surface area contributed by atoms with Gasteiger partial charge < -0.3 is 8.94 Å². The van der Waals surface area contributed by atoms with Crippen LogP contribution in [-0.2, 0) is 13.1 Å². The van der Waals surface area contributed by atoms with E-state index in [1.54, 1.807) is 36.4 Å². The molecular weight excluding hydrogens is 483 g/mol. The van der Waals surface area contributed by atoms with E-state index in [1.807, 2.05) is 0 Å². The number of halogens is 2. The molecule has 3 heterocycles. The van der Waals surface area contributed by atoms with Gasteiger partial charge in [0.1, 0.15) is 18.1 Å². The lowest BCUT2D eigenvalue weighted by atomic mass is 10.2. The average molecular weight is 497 g/mol. The maximum Gasteiger partial charge on any atom is 0.332 e. The van der Waals surface area contributed by atoms with Crippen molar-refractivity contribution in [1.29, 1.82) is 0 Å². The zero-order valence-corrected chi connectivity index (χ0v) is 18.0. The third kappa shape index (κ3) is 3.58. The first kappa shape index (κ1) is 20.1. The lowest BCUT2D eigenvalue weighted by molar-refractivity contribution is 0.369. The first-order chi connectivity index (χ1) is 15.5. The number of furan rings is 1. The molecule has 0 N–H and O–H groups in total. The van der Waals surface area contributed by atoms with Crippen LogP contribution in [0.25, 0.3) is 22.3 Å². The Morgan fingerprint density at radius 2 is 1.84 bits per heavy atom. The van der Waals surface area contributed by atoms with Crippen LogP contribution in [0.5, 0.6) is 0 Å². The molecule has 0 saturated carbocycles. The predicted molar refractivity (Wildman–Crippen MR) is 117 cm³/mol. The highest BCUT2D eigenvalue weighted by Gasteiger charge is 2.17. The average Bonchev–Trinajstić information content (AvgIpc) is 3.48. The number of aromatic nitrogens is 4. The Morgan fingerprint density at radius 3 is 2.62 bits per heavy atom. The molecule has 0 aliphatic heterocycles. The Kier molecular flexibility index (Phi) is 5.06. The molecule has 0 amide bonds. The Hall–Kier alpha value is -3.79. The highest BCUT2D eigenvalue weighted by atomic mass is 79.9. The number of fused-ring (bicyclic) bond motifs is 1. The van der Waals surface area contributed by atoms with Gasteiger partial charge in [0.2, 0.25) is 11.7 Å². The third-order valence-electron chi connectivity index (χ3n) is 4.97. The zero-order chi connectivity index (χ0) is 22.2. The molecule has 3 aromatic heterocycles.